The van der Waals surface area contributed by atoms with E-state index in [9.17, 15) is 4.79 Å². The van der Waals surface area contributed by atoms with Crippen LogP contribution in [-0.4, -0.2) is 23.4 Å². The van der Waals surface area contributed by atoms with Crippen LogP contribution in [0.15, 0.2) is 24.3 Å². The Bertz CT molecular complexity index is 416. The first-order valence-corrected chi connectivity index (χ1v) is 7.24. The monoisotopic (exact) mass is 343 g/mol. The van der Waals surface area contributed by atoms with Gasteiger partial charge in [-0.2, -0.15) is 0 Å². The van der Waals surface area contributed by atoms with Crippen LogP contribution >= 0.6 is 22.6 Å². The zero-order valence-corrected chi connectivity index (χ0v) is 12.5. The minimum atomic E-state index is 0.200. The molecule has 0 spiro atoms. The lowest BCUT2D eigenvalue weighted by molar-refractivity contribution is 0.0700. The maximum absolute atomic E-state index is 12.5. The average molecular weight is 343 g/mol. The molecule has 1 aliphatic heterocycles. The topological polar surface area (TPSA) is 20.3 Å². The molecule has 1 aromatic rings. The van der Waals surface area contributed by atoms with E-state index in [1.165, 1.54) is 0 Å². The van der Waals surface area contributed by atoms with Crippen molar-refractivity contribution < 1.29 is 4.79 Å². The minimum Gasteiger partial charge on any atom is -0.335 e. The molecule has 0 saturated carbocycles. The summed E-state index contributed by atoms with van der Waals surface area (Å²) in [5.74, 6) is 0.744. The number of carbonyl (C=O) groups excluding carboxylic acids is 1. The lowest BCUT2D eigenvalue weighted by Crippen LogP contribution is -2.38. The van der Waals surface area contributed by atoms with Crippen LogP contribution < -0.4 is 0 Å². The molecule has 2 rings (SSSR count). The van der Waals surface area contributed by atoms with Gasteiger partial charge in [0.05, 0.1) is 5.56 Å². The van der Waals surface area contributed by atoms with Crippen LogP contribution in [0.25, 0.3) is 0 Å². The highest BCUT2D eigenvalue weighted by Gasteiger charge is 2.31. The molecule has 0 bridgehead atoms. The van der Waals surface area contributed by atoms with Gasteiger partial charge in [-0.15, -0.1) is 0 Å². The summed E-state index contributed by atoms with van der Waals surface area (Å²) in [7, 11) is 0. The number of likely N-dealkylation sites (tertiary alicyclic amines) is 1. The number of halogens is 1. The van der Waals surface area contributed by atoms with Crippen molar-refractivity contribution in [3.63, 3.8) is 0 Å². The van der Waals surface area contributed by atoms with Crippen molar-refractivity contribution in [2.75, 3.05) is 6.54 Å². The van der Waals surface area contributed by atoms with E-state index in [1.54, 1.807) is 0 Å². The summed E-state index contributed by atoms with van der Waals surface area (Å²) in [4.78, 5) is 14.6. The Hall–Kier alpha value is -0.580. The van der Waals surface area contributed by atoms with Crippen molar-refractivity contribution in [1.82, 2.24) is 4.90 Å². The van der Waals surface area contributed by atoms with Gasteiger partial charge in [0.15, 0.2) is 0 Å². The summed E-state index contributed by atoms with van der Waals surface area (Å²) in [6, 6.07) is 8.25. The Morgan fingerprint density at radius 1 is 1.41 bits per heavy atom. The third-order valence-corrected chi connectivity index (χ3v) is 4.37. The third kappa shape index (κ3) is 2.64. The fourth-order valence-electron chi connectivity index (χ4n) is 2.53. The molecule has 1 aliphatic rings. The van der Waals surface area contributed by atoms with Crippen LogP contribution in [0.5, 0.6) is 0 Å². The Morgan fingerprint density at radius 3 is 2.76 bits per heavy atom. The lowest BCUT2D eigenvalue weighted by Gasteiger charge is -2.28. The molecule has 1 saturated heterocycles. The fraction of sp³-hybridized carbons (Fsp3) is 0.500. The van der Waals surface area contributed by atoms with Crippen molar-refractivity contribution in [2.24, 2.45) is 5.92 Å². The first kappa shape index (κ1) is 12.9. The van der Waals surface area contributed by atoms with Crippen molar-refractivity contribution in [1.29, 1.82) is 0 Å². The van der Waals surface area contributed by atoms with Gasteiger partial charge >= 0.3 is 0 Å². The summed E-state index contributed by atoms with van der Waals surface area (Å²) in [6.45, 7) is 5.31. The molecule has 0 N–H and O–H groups in total. The number of benzene rings is 1. The van der Waals surface area contributed by atoms with Gasteiger partial charge < -0.3 is 4.90 Å². The molecular formula is C14H18INO. The SMILES string of the molecule is CC(C)C1CCCN1C(=O)c1ccccc1I. The smallest absolute Gasteiger partial charge is 0.255 e. The second kappa shape index (κ2) is 5.38. The van der Waals surface area contributed by atoms with E-state index in [4.69, 9.17) is 0 Å². The van der Waals surface area contributed by atoms with E-state index in [0.29, 0.717) is 12.0 Å². The van der Waals surface area contributed by atoms with Crippen LogP contribution in [-0.2, 0) is 0 Å². The molecule has 1 unspecified atom stereocenters. The van der Waals surface area contributed by atoms with Gasteiger partial charge in [-0.25, -0.2) is 0 Å². The number of amides is 1. The highest BCUT2D eigenvalue weighted by Crippen LogP contribution is 2.26. The van der Waals surface area contributed by atoms with Crippen molar-refractivity contribution >= 4 is 28.5 Å². The largest absolute Gasteiger partial charge is 0.335 e. The molecule has 1 fully saturated rings. The quantitative estimate of drug-likeness (QED) is 0.752. The molecule has 2 nitrogen and oxygen atoms in total. The number of rotatable bonds is 2. The van der Waals surface area contributed by atoms with Gasteiger partial charge in [-0.05, 0) is 53.5 Å². The summed E-state index contributed by atoms with van der Waals surface area (Å²) in [5, 5.41) is 0. The van der Waals surface area contributed by atoms with E-state index in [-0.39, 0.29) is 5.91 Å². The van der Waals surface area contributed by atoms with Crippen molar-refractivity contribution in [2.45, 2.75) is 32.7 Å². The molecule has 0 aromatic heterocycles. The van der Waals surface area contributed by atoms with Crippen LogP contribution in [0.4, 0.5) is 0 Å². The van der Waals surface area contributed by atoms with E-state index in [1.807, 2.05) is 24.3 Å². The number of hydrogen-bond acceptors (Lipinski definition) is 1. The molecule has 1 heterocycles. The zero-order valence-electron chi connectivity index (χ0n) is 10.3. The zero-order chi connectivity index (χ0) is 12.4. The fourth-order valence-corrected chi connectivity index (χ4v) is 3.15. The summed E-state index contributed by atoms with van der Waals surface area (Å²) in [6.07, 6.45) is 2.28. The number of nitrogens with zero attached hydrogens (tertiary/aromatic N) is 1. The number of hydrogen-bond donors (Lipinski definition) is 0. The Morgan fingerprint density at radius 2 is 2.12 bits per heavy atom. The summed E-state index contributed by atoms with van der Waals surface area (Å²) < 4.78 is 1.05. The van der Waals surface area contributed by atoms with Crippen LogP contribution in [0.2, 0.25) is 0 Å². The average Bonchev–Trinajstić information content (AvgIpc) is 2.77. The van der Waals surface area contributed by atoms with Gasteiger partial charge in [0, 0.05) is 16.2 Å². The van der Waals surface area contributed by atoms with Crippen LogP contribution in [0.1, 0.15) is 37.0 Å². The highest BCUT2D eigenvalue weighted by molar-refractivity contribution is 14.1. The maximum atomic E-state index is 12.5. The molecular weight excluding hydrogens is 325 g/mol. The van der Waals surface area contributed by atoms with Gasteiger partial charge in [0.2, 0.25) is 0 Å². The minimum absolute atomic E-state index is 0.200. The maximum Gasteiger partial charge on any atom is 0.255 e. The second-order valence-corrected chi connectivity index (χ2v) is 6.09. The van der Waals surface area contributed by atoms with Gasteiger partial charge in [-0.1, -0.05) is 26.0 Å². The van der Waals surface area contributed by atoms with Gasteiger partial charge in [0.1, 0.15) is 0 Å². The van der Waals surface area contributed by atoms with Crippen molar-refractivity contribution in [3.8, 4) is 0 Å². The molecule has 1 atom stereocenters. The normalized spacial score (nSPS) is 20.0. The summed E-state index contributed by atoms with van der Waals surface area (Å²) >= 11 is 2.24. The predicted molar refractivity (Wildman–Crippen MR) is 78.1 cm³/mol. The molecule has 17 heavy (non-hydrogen) atoms. The molecule has 0 radical (unpaired) electrons. The molecule has 3 heteroatoms. The first-order chi connectivity index (χ1) is 8.11. The van der Waals surface area contributed by atoms with E-state index < -0.39 is 0 Å². The Balaban J connectivity index is 2.23. The second-order valence-electron chi connectivity index (χ2n) is 4.93. The van der Waals surface area contributed by atoms with Crippen LogP contribution in [0.3, 0.4) is 0 Å². The summed E-state index contributed by atoms with van der Waals surface area (Å²) in [5.41, 5.74) is 0.848. The first-order valence-electron chi connectivity index (χ1n) is 6.16. The lowest BCUT2D eigenvalue weighted by atomic mass is 10.0. The highest BCUT2D eigenvalue weighted by atomic mass is 127. The molecule has 92 valence electrons. The standard InChI is InChI=1S/C14H18INO/c1-10(2)13-8-5-9-16(13)14(17)11-6-3-4-7-12(11)15/h3-4,6-7,10,13H,5,8-9H2,1-2H3. The Labute approximate surface area is 117 Å². The van der Waals surface area contributed by atoms with Crippen molar-refractivity contribution in [3.05, 3.63) is 33.4 Å². The number of carbonyl (C=O) groups is 1. The molecule has 1 aromatic carbocycles. The van der Waals surface area contributed by atoms with E-state index in [0.717, 1.165) is 28.5 Å². The van der Waals surface area contributed by atoms with Crippen LogP contribution in [0, 0.1) is 9.49 Å². The predicted octanol–water partition coefficient (Wildman–Crippen LogP) is 3.55. The van der Waals surface area contributed by atoms with Gasteiger partial charge in [-0.3, -0.25) is 4.79 Å². The van der Waals surface area contributed by atoms with E-state index in [2.05, 4.69) is 41.3 Å². The molecule has 1 amide bonds. The Kier molecular flexibility index (Phi) is 4.07. The van der Waals surface area contributed by atoms with Gasteiger partial charge in [0.25, 0.3) is 5.91 Å². The van der Waals surface area contributed by atoms with E-state index >= 15 is 0 Å². The third-order valence-electron chi connectivity index (χ3n) is 3.43. The molecule has 0 aliphatic carbocycles.